The van der Waals surface area contributed by atoms with Crippen molar-refractivity contribution >= 4 is 17.8 Å². The van der Waals surface area contributed by atoms with Crippen LogP contribution in [0.1, 0.15) is 48.2 Å². The number of piperidine rings is 1. The van der Waals surface area contributed by atoms with Crippen LogP contribution < -0.4 is 5.32 Å². The smallest absolute Gasteiger partial charge is 0.338 e. The van der Waals surface area contributed by atoms with Crippen molar-refractivity contribution in [2.75, 3.05) is 13.1 Å². The van der Waals surface area contributed by atoms with E-state index in [1.807, 2.05) is 0 Å². The standard InChI is InChI=1S/C19H19F6N3O3/c1-10(2)28-15(30)17(26-16(28)31)3-5-27(6-4-17)14(29)11-7-12(18(20,21)22)9-13(8-11)19(23,24)25/h7-10H,3-6H2,1-2H3,(H,26,31). The van der Waals surface area contributed by atoms with Gasteiger partial charge in [0.2, 0.25) is 0 Å². The zero-order chi connectivity index (χ0) is 23.4. The summed E-state index contributed by atoms with van der Waals surface area (Å²) in [6.07, 6.45) is -10.1. The minimum Gasteiger partial charge on any atom is -0.338 e. The number of benzene rings is 1. The van der Waals surface area contributed by atoms with E-state index in [0.29, 0.717) is 12.1 Å². The Kier molecular flexibility index (Phi) is 5.47. The van der Waals surface area contributed by atoms with Gasteiger partial charge in [0.05, 0.1) is 11.1 Å². The average Bonchev–Trinajstić information content (AvgIpc) is 2.89. The molecule has 1 N–H and O–H groups in total. The minimum atomic E-state index is -5.07. The Morgan fingerprint density at radius 2 is 1.45 bits per heavy atom. The summed E-state index contributed by atoms with van der Waals surface area (Å²) in [6.45, 7) is 3.07. The topological polar surface area (TPSA) is 69.7 Å². The first-order valence-corrected chi connectivity index (χ1v) is 9.40. The number of nitrogens with zero attached hydrogens (tertiary/aromatic N) is 2. The average molecular weight is 451 g/mol. The highest BCUT2D eigenvalue weighted by atomic mass is 19.4. The molecule has 4 amide bonds. The molecule has 0 unspecified atom stereocenters. The second kappa shape index (κ2) is 7.41. The number of alkyl halides is 6. The first-order valence-electron chi connectivity index (χ1n) is 9.40. The number of carbonyl (C=O) groups excluding carboxylic acids is 3. The molecule has 0 atom stereocenters. The van der Waals surface area contributed by atoms with Crippen molar-refractivity contribution < 1.29 is 40.7 Å². The molecule has 12 heteroatoms. The maximum absolute atomic E-state index is 13.0. The molecule has 3 rings (SSSR count). The van der Waals surface area contributed by atoms with Gasteiger partial charge in [0.25, 0.3) is 11.8 Å². The molecule has 2 saturated heterocycles. The van der Waals surface area contributed by atoms with Gasteiger partial charge in [0.1, 0.15) is 5.54 Å². The lowest BCUT2D eigenvalue weighted by molar-refractivity contribution is -0.143. The number of amides is 4. The Morgan fingerprint density at radius 3 is 1.84 bits per heavy atom. The molecule has 1 aromatic rings. The second-order valence-corrected chi connectivity index (χ2v) is 7.87. The van der Waals surface area contributed by atoms with Crippen LogP contribution in [-0.4, -0.2) is 52.3 Å². The van der Waals surface area contributed by atoms with Crippen molar-refractivity contribution in [2.24, 2.45) is 0 Å². The first kappa shape index (κ1) is 22.9. The number of nitrogens with one attached hydrogen (secondary N) is 1. The first-order chi connectivity index (χ1) is 14.2. The van der Waals surface area contributed by atoms with Gasteiger partial charge in [-0.1, -0.05) is 0 Å². The van der Waals surface area contributed by atoms with Crippen molar-refractivity contribution in [3.05, 3.63) is 34.9 Å². The van der Waals surface area contributed by atoms with E-state index in [-0.39, 0.29) is 32.0 Å². The van der Waals surface area contributed by atoms with Gasteiger partial charge in [-0.3, -0.25) is 14.5 Å². The van der Waals surface area contributed by atoms with Crippen molar-refractivity contribution in [3.8, 4) is 0 Å². The quantitative estimate of drug-likeness (QED) is 0.551. The van der Waals surface area contributed by atoms with E-state index in [1.165, 1.54) is 0 Å². The van der Waals surface area contributed by atoms with E-state index in [2.05, 4.69) is 5.32 Å². The van der Waals surface area contributed by atoms with Crippen molar-refractivity contribution in [1.82, 2.24) is 15.1 Å². The van der Waals surface area contributed by atoms with Crippen LogP contribution in [0.5, 0.6) is 0 Å². The zero-order valence-corrected chi connectivity index (χ0v) is 16.5. The maximum Gasteiger partial charge on any atom is 0.416 e. The fourth-order valence-electron chi connectivity index (χ4n) is 3.80. The molecular weight excluding hydrogens is 432 g/mol. The molecule has 1 spiro atoms. The molecule has 170 valence electrons. The summed E-state index contributed by atoms with van der Waals surface area (Å²) in [4.78, 5) is 39.6. The zero-order valence-electron chi connectivity index (χ0n) is 16.5. The predicted molar refractivity (Wildman–Crippen MR) is 94.8 cm³/mol. The van der Waals surface area contributed by atoms with E-state index in [0.717, 1.165) is 9.80 Å². The van der Waals surface area contributed by atoms with Gasteiger partial charge in [0, 0.05) is 24.7 Å². The van der Waals surface area contributed by atoms with Gasteiger partial charge >= 0.3 is 18.4 Å². The van der Waals surface area contributed by atoms with Crippen molar-refractivity contribution in [1.29, 1.82) is 0 Å². The highest BCUT2D eigenvalue weighted by molar-refractivity contribution is 6.07. The maximum atomic E-state index is 13.0. The third-order valence-electron chi connectivity index (χ3n) is 5.45. The summed E-state index contributed by atoms with van der Waals surface area (Å²) < 4.78 is 78.3. The van der Waals surface area contributed by atoms with Crippen LogP contribution >= 0.6 is 0 Å². The number of carbonyl (C=O) groups is 3. The van der Waals surface area contributed by atoms with Gasteiger partial charge in [0.15, 0.2) is 0 Å². The van der Waals surface area contributed by atoms with Crippen LogP contribution in [0.3, 0.4) is 0 Å². The Bertz CT molecular complexity index is 885. The Labute approximate surface area is 173 Å². The van der Waals surface area contributed by atoms with Crippen LogP contribution in [0, 0.1) is 0 Å². The molecule has 0 radical (unpaired) electrons. The summed E-state index contributed by atoms with van der Waals surface area (Å²) in [5.74, 6) is -1.47. The molecule has 1 aromatic carbocycles. The summed E-state index contributed by atoms with van der Waals surface area (Å²) in [7, 11) is 0. The molecule has 2 heterocycles. The van der Waals surface area contributed by atoms with Crippen molar-refractivity contribution in [3.63, 3.8) is 0 Å². The largest absolute Gasteiger partial charge is 0.416 e. The minimum absolute atomic E-state index is 0.00236. The third kappa shape index (κ3) is 4.19. The van der Waals surface area contributed by atoms with Gasteiger partial charge in [-0.25, -0.2) is 4.79 Å². The van der Waals surface area contributed by atoms with Crippen LogP contribution in [-0.2, 0) is 17.1 Å². The van der Waals surface area contributed by atoms with Crippen molar-refractivity contribution in [2.45, 2.75) is 50.6 Å². The number of rotatable bonds is 2. The van der Waals surface area contributed by atoms with Gasteiger partial charge in [-0.15, -0.1) is 0 Å². The predicted octanol–water partition coefficient (Wildman–Crippen LogP) is 3.66. The van der Waals surface area contributed by atoms with Crippen LogP contribution in [0.15, 0.2) is 18.2 Å². The molecular formula is C19H19F6N3O3. The summed E-state index contributed by atoms with van der Waals surface area (Å²) >= 11 is 0. The normalized spacial score (nSPS) is 19.4. The molecule has 31 heavy (non-hydrogen) atoms. The Hall–Kier alpha value is -2.79. The molecule has 2 aliphatic heterocycles. The molecule has 2 aliphatic rings. The third-order valence-corrected chi connectivity index (χ3v) is 5.45. The molecule has 6 nitrogen and oxygen atoms in total. The van der Waals surface area contributed by atoms with E-state index < -0.39 is 58.5 Å². The summed E-state index contributed by atoms with van der Waals surface area (Å²) in [5.41, 5.74) is -5.14. The lowest BCUT2D eigenvalue weighted by atomic mass is 9.87. The molecule has 2 fully saturated rings. The number of hydrogen-bond acceptors (Lipinski definition) is 3. The fraction of sp³-hybridized carbons (Fsp3) is 0.526. The highest BCUT2D eigenvalue weighted by Gasteiger charge is 2.53. The number of hydrogen-bond donors (Lipinski definition) is 1. The van der Waals surface area contributed by atoms with E-state index in [9.17, 15) is 40.7 Å². The fourth-order valence-corrected chi connectivity index (χ4v) is 3.80. The number of halogens is 6. The van der Waals surface area contributed by atoms with Crippen LogP contribution in [0.4, 0.5) is 31.1 Å². The van der Waals surface area contributed by atoms with Gasteiger partial charge in [-0.2, -0.15) is 26.3 Å². The molecule has 0 aromatic heterocycles. The number of likely N-dealkylation sites (tertiary alicyclic amines) is 1. The monoisotopic (exact) mass is 451 g/mol. The SMILES string of the molecule is CC(C)N1C(=O)NC2(CCN(C(=O)c3cc(C(F)(F)F)cc(C(F)(F)F)c3)CC2)C1=O. The van der Waals surface area contributed by atoms with E-state index in [4.69, 9.17) is 0 Å². The van der Waals surface area contributed by atoms with Gasteiger partial charge < -0.3 is 10.2 Å². The van der Waals surface area contributed by atoms with E-state index in [1.54, 1.807) is 13.8 Å². The molecule has 0 bridgehead atoms. The van der Waals surface area contributed by atoms with E-state index >= 15 is 0 Å². The summed E-state index contributed by atoms with van der Waals surface area (Å²) in [6, 6.07) is -0.254. The lowest BCUT2D eigenvalue weighted by Crippen LogP contribution is -2.56. The number of urea groups is 1. The second-order valence-electron chi connectivity index (χ2n) is 7.87. The van der Waals surface area contributed by atoms with Crippen LogP contribution in [0.2, 0.25) is 0 Å². The Balaban J connectivity index is 1.83. The number of imide groups is 1. The molecule has 0 aliphatic carbocycles. The Morgan fingerprint density at radius 1 is 0.968 bits per heavy atom. The summed E-state index contributed by atoms with van der Waals surface area (Å²) in [5, 5.41) is 2.61. The van der Waals surface area contributed by atoms with Crippen LogP contribution in [0.25, 0.3) is 0 Å². The van der Waals surface area contributed by atoms with Gasteiger partial charge in [-0.05, 0) is 44.9 Å². The molecule has 0 saturated carbocycles. The highest BCUT2D eigenvalue weighted by Crippen LogP contribution is 2.37. The lowest BCUT2D eigenvalue weighted by Gasteiger charge is -2.37.